The zero-order valence-electron chi connectivity index (χ0n) is 20.5. The molecule has 0 aliphatic carbocycles. The Morgan fingerprint density at radius 3 is 2.62 bits per heavy atom. The smallest absolute Gasteiger partial charge is 0.478 e. The number of aliphatic hydroxyl groups is 2. The van der Waals surface area contributed by atoms with Crippen LogP contribution in [-0.4, -0.2) is 77.3 Å². The molecule has 6 atom stereocenters. The van der Waals surface area contributed by atoms with Crippen LogP contribution in [0.1, 0.15) is 23.0 Å². The second-order valence-electron chi connectivity index (χ2n) is 8.49. The number of imidazole rings is 1. The second-order valence-corrected chi connectivity index (χ2v) is 12.1. The van der Waals surface area contributed by atoms with Gasteiger partial charge in [0.1, 0.15) is 30.2 Å². The topological polar surface area (TPSA) is 245 Å². The highest BCUT2D eigenvalue weighted by atomic mass is 79.9. The number of halogens is 1. The predicted molar refractivity (Wildman–Crippen MR) is 135 cm³/mol. The number of carbonyl (C=O) groups is 1. The molecular formula is C20H25BrN6O11P2. The Labute approximate surface area is 234 Å². The molecule has 5 N–H and O–H groups in total. The lowest BCUT2D eigenvalue weighted by Crippen LogP contribution is -2.33. The van der Waals surface area contributed by atoms with Crippen molar-refractivity contribution in [2.45, 2.75) is 37.5 Å². The fourth-order valence-corrected chi connectivity index (χ4v) is 6.19. The summed E-state index contributed by atoms with van der Waals surface area (Å²) in [5, 5.41) is 21.0. The van der Waals surface area contributed by atoms with E-state index in [2.05, 4.69) is 39.7 Å². The number of aromatic nitrogens is 5. The summed E-state index contributed by atoms with van der Waals surface area (Å²) in [6.07, 6.45) is 0.164. The van der Waals surface area contributed by atoms with Gasteiger partial charge in [-0.3, -0.25) is 18.5 Å². The molecule has 0 radical (unpaired) electrons. The minimum atomic E-state index is -5.27. The van der Waals surface area contributed by atoms with E-state index in [0.717, 1.165) is 0 Å². The van der Waals surface area contributed by atoms with E-state index in [-0.39, 0.29) is 41.1 Å². The molecule has 40 heavy (non-hydrogen) atoms. The van der Waals surface area contributed by atoms with Crippen LogP contribution in [0.5, 0.6) is 0 Å². The van der Waals surface area contributed by atoms with E-state index in [4.69, 9.17) is 15.0 Å². The summed E-state index contributed by atoms with van der Waals surface area (Å²) in [6, 6.07) is 3.22. The van der Waals surface area contributed by atoms with Crippen molar-refractivity contribution in [2.75, 3.05) is 24.3 Å². The molecule has 3 aromatic rings. The number of hydrogen-bond donors (Lipinski definition) is 4. The molecule has 2 unspecified atom stereocenters. The zero-order valence-corrected chi connectivity index (χ0v) is 23.9. The van der Waals surface area contributed by atoms with Gasteiger partial charge in [-0.1, -0.05) is 15.9 Å². The average molecular weight is 667 g/mol. The van der Waals surface area contributed by atoms with Gasteiger partial charge in [0.05, 0.1) is 24.9 Å². The number of nitrogens with two attached hydrogens (primary N) is 1. The first-order valence-electron chi connectivity index (χ1n) is 11.6. The lowest BCUT2D eigenvalue weighted by atomic mass is 10.1. The van der Waals surface area contributed by atoms with Crippen molar-refractivity contribution < 1.29 is 56.6 Å². The zero-order chi connectivity index (χ0) is 29.1. The van der Waals surface area contributed by atoms with Crippen LogP contribution in [0.2, 0.25) is 0 Å². The summed E-state index contributed by atoms with van der Waals surface area (Å²) >= 11 is 3.09. The number of nitrogen functional groups attached to an aromatic ring is 1. The van der Waals surface area contributed by atoms with Gasteiger partial charge in [-0.25, -0.2) is 28.4 Å². The van der Waals surface area contributed by atoms with Gasteiger partial charge >= 0.3 is 7.82 Å². The standard InChI is InChI=1S/C20H25BrN6O11P2/c21-8-13(28)12-2-5-26(6-3-12)4-1-7-35-39(31,32)38-40(33,34)36-9-14-16(29)17(30)20(37-14)27-11-25-15-18(22)23-10-24-19(15)27/h2-3,5-6,10-11,14,16-17,20,29-30H,1,4,7-9H2,(H3-,22,23,24,31,32,33,34)/t14-,16-,17-,20-/m1/s1. The number of alkyl halides is 1. The number of phosphoric acid groups is 2. The van der Waals surface area contributed by atoms with Gasteiger partial charge in [0.15, 0.2) is 42.4 Å². The number of hydrogen-bond acceptors (Lipinski definition) is 14. The van der Waals surface area contributed by atoms with E-state index in [1.54, 1.807) is 29.1 Å². The number of aliphatic hydroxyl groups excluding tert-OH is 2. The summed E-state index contributed by atoms with van der Waals surface area (Å²) in [7, 11) is -10.5. The van der Waals surface area contributed by atoms with Crippen molar-refractivity contribution in [3.8, 4) is 0 Å². The Bertz CT molecular complexity index is 1440. The molecule has 4 heterocycles. The highest BCUT2D eigenvalue weighted by molar-refractivity contribution is 9.09. The highest BCUT2D eigenvalue weighted by Gasteiger charge is 2.45. The fourth-order valence-electron chi connectivity index (χ4n) is 3.79. The molecule has 1 aliphatic heterocycles. The van der Waals surface area contributed by atoms with Gasteiger partial charge in [0, 0.05) is 24.1 Å². The van der Waals surface area contributed by atoms with E-state index in [1.807, 2.05) is 0 Å². The van der Waals surface area contributed by atoms with Gasteiger partial charge in [0.2, 0.25) is 0 Å². The van der Waals surface area contributed by atoms with Crippen molar-refractivity contribution in [3.63, 3.8) is 0 Å². The number of anilines is 1. The predicted octanol–water partition coefficient (Wildman–Crippen LogP) is -0.398. The molecule has 0 bridgehead atoms. The number of fused-ring (bicyclic) bond motifs is 1. The summed E-state index contributed by atoms with van der Waals surface area (Å²) in [4.78, 5) is 45.4. The molecule has 1 fully saturated rings. The summed E-state index contributed by atoms with van der Waals surface area (Å²) < 4.78 is 46.3. The third-order valence-corrected chi connectivity index (χ3v) is 8.86. The molecule has 1 aliphatic rings. The number of Topliss-reactive ketones (excluding diaryl/α,β-unsaturated/α-hetero) is 1. The van der Waals surface area contributed by atoms with Gasteiger partial charge in [-0.05, 0) is 0 Å². The first-order valence-corrected chi connectivity index (χ1v) is 15.7. The Hall–Kier alpha value is -2.21. The molecule has 0 saturated carbocycles. The lowest BCUT2D eigenvalue weighted by Gasteiger charge is -2.25. The average Bonchev–Trinajstić information content (AvgIpc) is 3.46. The Balaban J connectivity index is 1.26. The second kappa shape index (κ2) is 12.8. The fraction of sp³-hybridized carbons (Fsp3) is 0.450. The number of phosphoric ester groups is 2. The van der Waals surface area contributed by atoms with Gasteiger partial charge in [-0.2, -0.15) is 0 Å². The van der Waals surface area contributed by atoms with Crippen LogP contribution in [0, 0.1) is 0 Å². The van der Waals surface area contributed by atoms with Crippen LogP contribution >= 0.6 is 31.6 Å². The number of aryl methyl sites for hydroxylation is 1. The van der Waals surface area contributed by atoms with E-state index >= 15 is 0 Å². The van der Waals surface area contributed by atoms with Crippen LogP contribution in [0.3, 0.4) is 0 Å². The summed E-state index contributed by atoms with van der Waals surface area (Å²) in [5.74, 6) is -0.0108. The molecule has 218 valence electrons. The van der Waals surface area contributed by atoms with Crippen LogP contribution in [-0.2, 0) is 33.8 Å². The first kappa shape index (κ1) is 30.7. The number of pyridine rings is 1. The lowest BCUT2D eigenvalue weighted by molar-refractivity contribution is -0.697. The van der Waals surface area contributed by atoms with Crippen molar-refractivity contribution in [2.24, 2.45) is 0 Å². The van der Waals surface area contributed by atoms with Crippen LogP contribution in [0.25, 0.3) is 11.2 Å². The van der Waals surface area contributed by atoms with E-state index in [0.29, 0.717) is 12.1 Å². The number of nitrogens with zero attached hydrogens (tertiary/aromatic N) is 5. The monoisotopic (exact) mass is 666 g/mol. The number of carbonyl (C=O) groups excluding carboxylic acids is 1. The van der Waals surface area contributed by atoms with Gasteiger partial charge in [-0.15, -0.1) is 0 Å². The molecule has 4 rings (SSSR count). The van der Waals surface area contributed by atoms with E-state index < -0.39 is 46.8 Å². The minimum Gasteiger partial charge on any atom is -0.756 e. The maximum atomic E-state index is 12.2. The number of ketones is 1. The van der Waals surface area contributed by atoms with E-state index in [1.165, 1.54) is 17.2 Å². The summed E-state index contributed by atoms with van der Waals surface area (Å²) in [6.45, 7) is -0.876. The van der Waals surface area contributed by atoms with E-state index in [9.17, 15) is 33.9 Å². The third kappa shape index (κ3) is 7.35. The Morgan fingerprint density at radius 2 is 1.93 bits per heavy atom. The van der Waals surface area contributed by atoms with Crippen LogP contribution in [0.4, 0.5) is 5.82 Å². The molecule has 0 amide bonds. The molecule has 20 heteroatoms. The third-order valence-electron chi connectivity index (χ3n) is 5.75. The molecule has 17 nitrogen and oxygen atoms in total. The first-order chi connectivity index (χ1) is 18.9. The van der Waals surface area contributed by atoms with Crippen molar-refractivity contribution in [3.05, 3.63) is 42.7 Å². The maximum absolute atomic E-state index is 12.2. The Kier molecular flexibility index (Phi) is 9.80. The maximum Gasteiger partial charge on any atom is 0.478 e. The Morgan fingerprint density at radius 1 is 1.20 bits per heavy atom. The van der Waals surface area contributed by atoms with Gasteiger partial charge < -0.3 is 35.0 Å². The molecule has 0 spiro atoms. The number of ether oxygens (including phenoxy) is 1. The molecule has 0 aromatic carbocycles. The quantitative estimate of drug-likeness (QED) is 0.0596. The largest absolute Gasteiger partial charge is 0.756 e. The highest BCUT2D eigenvalue weighted by Crippen LogP contribution is 2.58. The van der Waals surface area contributed by atoms with Crippen LogP contribution in [0.15, 0.2) is 37.2 Å². The molecule has 3 aromatic heterocycles. The molecule has 1 saturated heterocycles. The summed E-state index contributed by atoms with van der Waals surface area (Å²) in [5.41, 5.74) is 6.68. The van der Waals surface area contributed by atoms with Crippen molar-refractivity contribution in [1.29, 1.82) is 0 Å². The van der Waals surface area contributed by atoms with Crippen LogP contribution < -0.4 is 15.2 Å². The van der Waals surface area contributed by atoms with Gasteiger partial charge in [0.25, 0.3) is 7.82 Å². The number of rotatable bonds is 13. The SMILES string of the molecule is Nc1ncnc2c1ncn2[C@@H]1O[C@H](COP(=O)(O)OP(=O)([O-])OCCC[n+]2ccc(C(=O)CBr)cc2)[C@@H](O)[C@H]1O. The van der Waals surface area contributed by atoms with Crippen molar-refractivity contribution >= 4 is 54.3 Å². The normalized spacial score (nSPS) is 24.1. The molecular weight excluding hydrogens is 642 g/mol. The minimum absolute atomic E-state index is 0.0790. The van der Waals surface area contributed by atoms with Crippen molar-refractivity contribution in [1.82, 2.24) is 19.5 Å².